The van der Waals surface area contributed by atoms with Gasteiger partial charge in [0.2, 0.25) is 5.91 Å². The first kappa shape index (κ1) is 20.4. The molecule has 2 fully saturated rings. The molecule has 0 radical (unpaired) electrons. The van der Waals surface area contributed by atoms with Gasteiger partial charge < -0.3 is 19.3 Å². The second-order valence-corrected chi connectivity index (χ2v) is 8.00. The number of methoxy groups -OCH3 is 1. The molecule has 0 spiro atoms. The van der Waals surface area contributed by atoms with Crippen LogP contribution in [0.2, 0.25) is 0 Å². The highest BCUT2D eigenvalue weighted by atomic mass is 16.5. The third-order valence-electron chi connectivity index (χ3n) is 6.09. The van der Waals surface area contributed by atoms with E-state index in [1.165, 1.54) is 0 Å². The fourth-order valence-corrected chi connectivity index (χ4v) is 4.31. The number of nitrogens with zero attached hydrogens (tertiary/aromatic N) is 2. The van der Waals surface area contributed by atoms with Gasteiger partial charge in [0.1, 0.15) is 5.75 Å². The van der Waals surface area contributed by atoms with Crippen molar-refractivity contribution in [2.45, 2.75) is 12.8 Å². The second kappa shape index (κ2) is 8.88. The number of carbonyl (C=O) groups is 2. The Morgan fingerprint density at radius 3 is 2.23 bits per heavy atom. The van der Waals surface area contributed by atoms with E-state index in [0.717, 1.165) is 16.9 Å². The maximum Gasteiger partial charge on any atom is 0.253 e. The summed E-state index contributed by atoms with van der Waals surface area (Å²) in [4.78, 5) is 30.2. The van der Waals surface area contributed by atoms with Crippen molar-refractivity contribution in [3.63, 3.8) is 0 Å². The van der Waals surface area contributed by atoms with Crippen molar-refractivity contribution >= 4 is 11.8 Å². The van der Waals surface area contributed by atoms with Gasteiger partial charge in [-0.15, -0.1) is 0 Å². The van der Waals surface area contributed by atoms with E-state index in [-0.39, 0.29) is 23.7 Å². The average Bonchev–Trinajstić information content (AvgIpc) is 3.24. The first-order chi connectivity index (χ1) is 14.6. The Labute approximate surface area is 177 Å². The molecule has 30 heavy (non-hydrogen) atoms. The molecule has 2 atom stereocenters. The van der Waals surface area contributed by atoms with Crippen LogP contribution in [0.5, 0.6) is 5.75 Å². The number of rotatable bonds is 4. The molecule has 2 unspecified atom stereocenters. The lowest BCUT2D eigenvalue weighted by Gasteiger charge is -2.30. The SMILES string of the molecule is COc1ccc(C2CN(C(=O)c3ccc(C)cc3)CC2C(=O)N2CCOCC2)cc1. The molecule has 2 saturated heterocycles. The molecule has 0 bridgehead atoms. The lowest BCUT2D eigenvalue weighted by molar-refractivity contribution is -0.139. The Morgan fingerprint density at radius 2 is 1.60 bits per heavy atom. The largest absolute Gasteiger partial charge is 0.497 e. The molecular weight excluding hydrogens is 380 g/mol. The molecule has 2 aromatic carbocycles. The van der Waals surface area contributed by atoms with Crippen molar-refractivity contribution < 1.29 is 19.1 Å². The molecule has 0 N–H and O–H groups in total. The highest BCUT2D eigenvalue weighted by molar-refractivity contribution is 5.95. The Balaban J connectivity index is 1.59. The maximum atomic E-state index is 13.4. The van der Waals surface area contributed by atoms with E-state index in [1.807, 2.05) is 65.3 Å². The average molecular weight is 408 g/mol. The molecular formula is C24H28N2O4. The van der Waals surface area contributed by atoms with Gasteiger partial charge in [-0.3, -0.25) is 9.59 Å². The summed E-state index contributed by atoms with van der Waals surface area (Å²) in [5, 5.41) is 0. The Bertz CT molecular complexity index is 888. The van der Waals surface area contributed by atoms with Crippen LogP contribution in [0.1, 0.15) is 27.4 Å². The Kier molecular flexibility index (Phi) is 6.04. The predicted molar refractivity (Wildman–Crippen MR) is 114 cm³/mol. The highest BCUT2D eigenvalue weighted by Gasteiger charge is 2.42. The van der Waals surface area contributed by atoms with Gasteiger partial charge in [0.25, 0.3) is 5.91 Å². The summed E-state index contributed by atoms with van der Waals surface area (Å²) in [5.74, 6) is 0.566. The highest BCUT2D eigenvalue weighted by Crippen LogP contribution is 2.35. The number of ether oxygens (including phenoxy) is 2. The van der Waals surface area contributed by atoms with Gasteiger partial charge in [-0.1, -0.05) is 29.8 Å². The summed E-state index contributed by atoms with van der Waals surface area (Å²) >= 11 is 0. The van der Waals surface area contributed by atoms with E-state index in [2.05, 4.69) is 0 Å². The van der Waals surface area contributed by atoms with Crippen LogP contribution in [0, 0.1) is 12.8 Å². The summed E-state index contributed by atoms with van der Waals surface area (Å²) < 4.78 is 10.7. The van der Waals surface area contributed by atoms with E-state index in [1.54, 1.807) is 7.11 Å². The van der Waals surface area contributed by atoms with Crippen molar-refractivity contribution in [1.82, 2.24) is 9.80 Å². The zero-order valence-corrected chi connectivity index (χ0v) is 17.5. The van der Waals surface area contributed by atoms with Crippen molar-refractivity contribution in [3.8, 4) is 5.75 Å². The maximum absolute atomic E-state index is 13.4. The number of carbonyl (C=O) groups excluding carboxylic acids is 2. The van der Waals surface area contributed by atoms with Crippen LogP contribution in [0.3, 0.4) is 0 Å². The minimum absolute atomic E-state index is 0.0224. The van der Waals surface area contributed by atoms with Gasteiger partial charge in [-0.2, -0.15) is 0 Å². The molecule has 6 nitrogen and oxygen atoms in total. The van der Waals surface area contributed by atoms with E-state index < -0.39 is 0 Å². The van der Waals surface area contributed by atoms with Crippen LogP contribution >= 0.6 is 0 Å². The number of hydrogen-bond donors (Lipinski definition) is 0. The van der Waals surface area contributed by atoms with Crippen LogP contribution in [-0.2, 0) is 9.53 Å². The van der Waals surface area contributed by atoms with Crippen LogP contribution in [-0.4, -0.2) is 68.1 Å². The second-order valence-electron chi connectivity index (χ2n) is 8.00. The van der Waals surface area contributed by atoms with Gasteiger partial charge in [0, 0.05) is 37.7 Å². The predicted octanol–water partition coefficient (Wildman–Crippen LogP) is 2.72. The number of likely N-dealkylation sites (tertiary alicyclic amines) is 1. The Morgan fingerprint density at radius 1 is 0.933 bits per heavy atom. The number of aryl methyl sites for hydroxylation is 1. The van der Waals surface area contributed by atoms with Crippen molar-refractivity contribution in [2.24, 2.45) is 5.92 Å². The molecule has 2 aliphatic rings. The standard InChI is InChI=1S/C24H28N2O4/c1-17-3-5-19(6-4-17)23(27)26-15-21(18-7-9-20(29-2)10-8-18)22(16-26)24(28)25-11-13-30-14-12-25/h3-10,21-22H,11-16H2,1-2H3. The summed E-state index contributed by atoms with van der Waals surface area (Å²) in [5.41, 5.74) is 2.83. The molecule has 0 aromatic heterocycles. The monoisotopic (exact) mass is 408 g/mol. The summed E-state index contributed by atoms with van der Waals surface area (Å²) in [6.45, 7) is 5.31. The lowest BCUT2D eigenvalue weighted by Crippen LogP contribution is -2.45. The van der Waals surface area contributed by atoms with Gasteiger partial charge in [0.05, 0.1) is 26.2 Å². The molecule has 2 aliphatic heterocycles. The first-order valence-electron chi connectivity index (χ1n) is 10.4. The number of morpholine rings is 1. The fourth-order valence-electron chi connectivity index (χ4n) is 4.31. The fraction of sp³-hybridized carbons (Fsp3) is 0.417. The Hall–Kier alpha value is -2.86. The molecule has 2 aromatic rings. The number of amides is 2. The van der Waals surface area contributed by atoms with Crippen LogP contribution in [0.4, 0.5) is 0 Å². The zero-order chi connectivity index (χ0) is 21.1. The van der Waals surface area contributed by atoms with Gasteiger partial charge in [-0.05, 0) is 36.8 Å². The van der Waals surface area contributed by atoms with E-state index in [0.29, 0.717) is 45.0 Å². The molecule has 4 rings (SSSR count). The quantitative estimate of drug-likeness (QED) is 0.781. The van der Waals surface area contributed by atoms with Crippen LogP contribution in [0.25, 0.3) is 0 Å². The number of hydrogen-bond acceptors (Lipinski definition) is 4. The molecule has 2 heterocycles. The third-order valence-corrected chi connectivity index (χ3v) is 6.09. The molecule has 6 heteroatoms. The van der Waals surface area contributed by atoms with Gasteiger partial charge in [0.15, 0.2) is 0 Å². The van der Waals surface area contributed by atoms with E-state index >= 15 is 0 Å². The number of benzene rings is 2. The lowest BCUT2D eigenvalue weighted by atomic mass is 9.88. The molecule has 158 valence electrons. The van der Waals surface area contributed by atoms with Crippen molar-refractivity contribution in [1.29, 1.82) is 0 Å². The van der Waals surface area contributed by atoms with Crippen molar-refractivity contribution in [2.75, 3.05) is 46.5 Å². The van der Waals surface area contributed by atoms with Crippen molar-refractivity contribution in [3.05, 3.63) is 65.2 Å². The molecule has 2 amide bonds. The summed E-state index contributed by atoms with van der Waals surface area (Å²) in [6.07, 6.45) is 0. The van der Waals surface area contributed by atoms with Gasteiger partial charge >= 0.3 is 0 Å². The van der Waals surface area contributed by atoms with Crippen LogP contribution < -0.4 is 4.74 Å². The minimum Gasteiger partial charge on any atom is -0.497 e. The first-order valence-corrected chi connectivity index (χ1v) is 10.4. The summed E-state index contributed by atoms with van der Waals surface area (Å²) in [7, 11) is 1.64. The van der Waals surface area contributed by atoms with E-state index in [4.69, 9.17) is 9.47 Å². The molecule has 0 aliphatic carbocycles. The topological polar surface area (TPSA) is 59.1 Å². The van der Waals surface area contributed by atoms with E-state index in [9.17, 15) is 9.59 Å². The smallest absolute Gasteiger partial charge is 0.253 e. The van der Waals surface area contributed by atoms with Gasteiger partial charge in [-0.25, -0.2) is 0 Å². The van der Waals surface area contributed by atoms with Crippen LogP contribution in [0.15, 0.2) is 48.5 Å². The molecule has 0 saturated carbocycles. The minimum atomic E-state index is -0.258. The zero-order valence-electron chi connectivity index (χ0n) is 17.5. The normalized spacial score (nSPS) is 21.5. The third kappa shape index (κ3) is 4.19. The summed E-state index contributed by atoms with van der Waals surface area (Å²) in [6, 6.07) is 15.4.